The number of rotatable bonds is 2. The van der Waals surface area contributed by atoms with Gasteiger partial charge in [-0.25, -0.2) is 13.6 Å². The Morgan fingerprint density at radius 2 is 2.13 bits per heavy atom. The Kier molecular flexibility index (Phi) is 3.88. The molecule has 1 saturated carbocycles. The van der Waals surface area contributed by atoms with Crippen molar-refractivity contribution < 1.29 is 13.6 Å². The summed E-state index contributed by atoms with van der Waals surface area (Å²) in [5, 5.41) is 2.51. The molecular formula is C10H18F2N2O. The highest BCUT2D eigenvalue weighted by Crippen LogP contribution is 2.37. The van der Waals surface area contributed by atoms with E-state index in [1.807, 2.05) is 0 Å². The molecule has 0 bridgehead atoms. The van der Waals surface area contributed by atoms with Gasteiger partial charge >= 0.3 is 6.03 Å². The SMILES string of the molecule is CN(C)C(=O)NC[C@@H]1CCCCC1(F)F. The number of hydrogen-bond acceptors (Lipinski definition) is 1. The van der Waals surface area contributed by atoms with E-state index in [-0.39, 0.29) is 19.0 Å². The number of hydrogen-bond donors (Lipinski definition) is 1. The maximum Gasteiger partial charge on any atom is 0.316 e. The zero-order valence-corrected chi connectivity index (χ0v) is 9.22. The Hall–Kier alpha value is -0.870. The van der Waals surface area contributed by atoms with Crippen LogP contribution in [0.3, 0.4) is 0 Å². The Morgan fingerprint density at radius 1 is 1.47 bits per heavy atom. The first-order valence-corrected chi connectivity index (χ1v) is 5.26. The van der Waals surface area contributed by atoms with Crippen LogP contribution in [-0.4, -0.2) is 37.5 Å². The Morgan fingerprint density at radius 3 is 2.67 bits per heavy atom. The van der Waals surface area contributed by atoms with E-state index in [9.17, 15) is 13.6 Å². The number of amides is 2. The van der Waals surface area contributed by atoms with Crippen molar-refractivity contribution in [1.29, 1.82) is 0 Å². The fourth-order valence-corrected chi connectivity index (χ4v) is 1.79. The molecule has 0 aliphatic heterocycles. The van der Waals surface area contributed by atoms with E-state index in [0.29, 0.717) is 12.8 Å². The van der Waals surface area contributed by atoms with Crippen LogP contribution in [0.15, 0.2) is 0 Å². The molecule has 88 valence electrons. The van der Waals surface area contributed by atoms with Crippen LogP contribution in [0.2, 0.25) is 0 Å². The minimum Gasteiger partial charge on any atom is -0.337 e. The number of nitrogens with one attached hydrogen (secondary N) is 1. The predicted octanol–water partition coefficient (Wildman–Crippen LogP) is 2.08. The van der Waals surface area contributed by atoms with E-state index in [1.165, 1.54) is 4.90 Å². The fraction of sp³-hybridized carbons (Fsp3) is 0.900. The molecule has 0 aromatic rings. The monoisotopic (exact) mass is 220 g/mol. The van der Waals surface area contributed by atoms with E-state index in [0.717, 1.165) is 6.42 Å². The summed E-state index contributed by atoms with van der Waals surface area (Å²) in [6.45, 7) is 0.0734. The molecule has 15 heavy (non-hydrogen) atoms. The van der Waals surface area contributed by atoms with Crippen LogP contribution in [0.1, 0.15) is 25.7 Å². The molecule has 0 unspecified atom stereocenters. The first kappa shape index (κ1) is 12.2. The van der Waals surface area contributed by atoms with Gasteiger partial charge in [0.05, 0.1) is 0 Å². The van der Waals surface area contributed by atoms with Crippen molar-refractivity contribution in [2.24, 2.45) is 5.92 Å². The highest BCUT2D eigenvalue weighted by Gasteiger charge is 2.41. The third kappa shape index (κ3) is 3.32. The molecule has 1 atom stereocenters. The average molecular weight is 220 g/mol. The number of urea groups is 1. The lowest BCUT2D eigenvalue weighted by molar-refractivity contribution is -0.0834. The van der Waals surface area contributed by atoms with Gasteiger partial charge in [-0.3, -0.25) is 0 Å². The second kappa shape index (κ2) is 4.77. The molecule has 3 nitrogen and oxygen atoms in total. The Bertz CT molecular complexity index is 231. The van der Waals surface area contributed by atoms with Gasteiger partial charge in [0.2, 0.25) is 0 Å². The first-order chi connectivity index (χ1) is 6.93. The van der Waals surface area contributed by atoms with Crippen molar-refractivity contribution >= 4 is 6.03 Å². The molecule has 1 rings (SSSR count). The van der Waals surface area contributed by atoms with Gasteiger partial charge in [-0.1, -0.05) is 6.42 Å². The summed E-state index contributed by atoms with van der Waals surface area (Å²) in [7, 11) is 3.18. The lowest BCUT2D eigenvalue weighted by atomic mass is 9.85. The van der Waals surface area contributed by atoms with Gasteiger partial charge in [-0.2, -0.15) is 0 Å². The van der Waals surface area contributed by atoms with E-state index in [1.54, 1.807) is 14.1 Å². The van der Waals surface area contributed by atoms with Gasteiger partial charge in [0.1, 0.15) is 0 Å². The number of alkyl halides is 2. The van der Waals surface area contributed by atoms with Crippen molar-refractivity contribution in [2.45, 2.75) is 31.6 Å². The van der Waals surface area contributed by atoms with Crippen LogP contribution in [0.5, 0.6) is 0 Å². The van der Waals surface area contributed by atoms with E-state index < -0.39 is 11.8 Å². The molecular weight excluding hydrogens is 202 g/mol. The second-order valence-corrected chi connectivity index (χ2v) is 4.28. The predicted molar refractivity (Wildman–Crippen MR) is 54.0 cm³/mol. The molecule has 0 heterocycles. The lowest BCUT2D eigenvalue weighted by Gasteiger charge is -2.31. The standard InChI is InChI=1S/C10H18F2N2O/c1-14(2)9(15)13-7-8-5-3-4-6-10(8,11)12/h8H,3-7H2,1-2H3,(H,13,15)/t8-/m0/s1. The van der Waals surface area contributed by atoms with Gasteiger partial charge in [-0.05, 0) is 12.8 Å². The van der Waals surface area contributed by atoms with Crippen LogP contribution >= 0.6 is 0 Å². The molecule has 1 N–H and O–H groups in total. The van der Waals surface area contributed by atoms with Crippen LogP contribution in [-0.2, 0) is 0 Å². The van der Waals surface area contributed by atoms with Crippen LogP contribution in [0.4, 0.5) is 13.6 Å². The van der Waals surface area contributed by atoms with Crippen molar-refractivity contribution in [2.75, 3.05) is 20.6 Å². The number of nitrogens with zero attached hydrogens (tertiary/aromatic N) is 1. The highest BCUT2D eigenvalue weighted by molar-refractivity contribution is 5.73. The van der Waals surface area contributed by atoms with Crippen molar-refractivity contribution in [3.05, 3.63) is 0 Å². The summed E-state index contributed by atoms with van der Waals surface area (Å²) in [6, 6.07) is -0.309. The molecule has 0 aromatic heterocycles. The van der Waals surface area contributed by atoms with Gasteiger partial charge in [0.15, 0.2) is 0 Å². The first-order valence-electron chi connectivity index (χ1n) is 5.26. The van der Waals surface area contributed by atoms with Crippen molar-refractivity contribution in [3.63, 3.8) is 0 Å². The van der Waals surface area contributed by atoms with E-state index in [2.05, 4.69) is 5.32 Å². The number of carbonyl (C=O) groups excluding carboxylic acids is 1. The third-order valence-electron chi connectivity index (χ3n) is 2.82. The quantitative estimate of drug-likeness (QED) is 0.759. The highest BCUT2D eigenvalue weighted by atomic mass is 19.3. The molecule has 5 heteroatoms. The average Bonchev–Trinajstić information content (AvgIpc) is 2.14. The normalized spacial score (nSPS) is 24.7. The summed E-state index contributed by atoms with van der Waals surface area (Å²) < 4.78 is 26.7. The van der Waals surface area contributed by atoms with Crippen LogP contribution in [0.25, 0.3) is 0 Å². The maximum atomic E-state index is 13.4. The van der Waals surface area contributed by atoms with Gasteiger partial charge < -0.3 is 10.2 Å². The van der Waals surface area contributed by atoms with Gasteiger partial charge in [0, 0.05) is 33.0 Å². The fourth-order valence-electron chi connectivity index (χ4n) is 1.79. The van der Waals surface area contributed by atoms with Crippen molar-refractivity contribution in [1.82, 2.24) is 10.2 Å². The maximum absolute atomic E-state index is 13.4. The van der Waals surface area contributed by atoms with Gasteiger partial charge in [-0.15, -0.1) is 0 Å². The largest absolute Gasteiger partial charge is 0.337 e. The number of halogens is 2. The lowest BCUT2D eigenvalue weighted by Crippen LogP contribution is -2.43. The molecule has 1 fully saturated rings. The van der Waals surface area contributed by atoms with E-state index >= 15 is 0 Å². The minimum absolute atomic E-state index is 0.0461. The third-order valence-corrected chi connectivity index (χ3v) is 2.82. The van der Waals surface area contributed by atoms with E-state index in [4.69, 9.17) is 0 Å². The molecule has 1 aliphatic rings. The summed E-state index contributed by atoms with van der Waals surface area (Å²) >= 11 is 0. The topological polar surface area (TPSA) is 32.3 Å². The van der Waals surface area contributed by atoms with Crippen molar-refractivity contribution in [3.8, 4) is 0 Å². The zero-order chi connectivity index (χ0) is 11.5. The summed E-state index contributed by atoms with van der Waals surface area (Å²) in [5.41, 5.74) is 0. The smallest absolute Gasteiger partial charge is 0.316 e. The Balaban J connectivity index is 2.40. The molecule has 0 aromatic carbocycles. The molecule has 0 spiro atoms. The Labute approximate surface area is 88.8 Å². The second-order valence-electron chi connectivity index (χ2n) is 4.28. The molecule has 1 aliphatic carbocycles. The molecule has 0 radical (unpaired) electrons. The molecule has 0 saturated heterocycles. The zero-order valence-electron chi connectivity index (χ0n) is 9.22. The summed E-state index contributed by atoms with van der Waals surface area (Å²) in [6.07, 6.45) is 1.87. The summed E-state index contributed by atoms with van der Waals surface area (Å²) in [4.78, 5) is 12.5. The summed E-state index contributed by atoms with van der Waals surface area (Å²) in [5.74, 6) is -3.31. The number of carbonyl (C=O) groups is 1. The minimum atomic E-state index is -2.61. The van der Waals surface area contributed by atoms with Gasteiger partial charge in [0.25, 0.3) is 5.92 Å². The van der Waals surface area contributed by atoms with Crippen LogP contribution < -0.4 is 5.32 Å². The molecule has 2 amide bonds. The van der Waals surface area contributed by atoms with Crippen LogP contribution in [0, 0.1) is 5.92 Å².